The maximum atomic E-state index is 13.6. The number of guanidine groups is 1. The smallest absolute Gasteiger partial charge is 0.307 e. The van der Waals surface area contributed by atoms with Crippen LogP contribution in [0.15, 0.2) is 77.1 Å². The van der Waals surface area contributed by atoms with Crippen LogP contribution in [-0.4, -0.2) is 69.1 Å². The van der Waals surface area contributed by atoms with Gasteiger partial charge < -0.3 is 9.80 Å². The Balaban J connectivity index is 1.46. The minimum Gasteiger partial charge on any atom is -0.307 e. The fraction of sp³-hybridized carbons (Fsp3) is 0.308. The Morgan fingerprint density at radius 2 is 1.59 bits per heavy atom. The van der Waals surface area contributed by atoms with Gasteiger partial charge in [-0.25, -0.2) is 9.79 Å². The standard InChI is InChI=1S/C26H27N5O3/c1-16-17(2)31-22-23(27-25(31)30(16)18(3)19-11-7-5-8-12-19)28(4)26(34)29(24(22)33)15-21(32)20-13-9-6-10-14-20/h5-14,18,22-23H,15H2,1-4H3. The average Bonchev–Trinajstić information content (AvgIpc) is 3.36. The number of hydrogen-bond acceptors (Lipinski definition) is 6. The number of ketones is 1. The number of fused-ring (bicyclic) bond motifs is 3. The lowest BCUT2D eigenvalue weighted by Gasteiger charge is -2.40. The van der Waals surface area contributed by atoms with Gasteiger partial charge in [0.15, 0.2) is 18.0 Å². The maximum absolute atomic E-state index is 13.6. The molecule has 5 rings (SSSR count). The third-order valence-corrected chi connectivity index (χ3v) is 7.00. The molecule has 3 aliphatic heterocycles. The summed E-state index contributed by atoms with van der Waals surface area (Å²) < 4.78 is 0. The molecule has 174 valence electrons. The van der Waals surface area contributed by atoms with Crippen molar-refractivity contribution in [3.63, 3.8) is 0 Å². The molecule has 8 nitrogen and oxygen atoms in total. The summed E-state index contributed by atoms with van der Waals surface area (Å²) in [4.78, 5) is 51.0. The molecule has 3 aliphatic rings. The Hall–Kier alpha value is -3.94. The normalized spacial score (nSPS) is 22.8. The molecule has 1 saturated heterocycles. The molecule has 3 unspecified atom stereocenters. The average molecular weight is 458 g/mol. The van der Waals surface area contributed by atoms with Gasteiger partial charge in [-0.3, -0.25) is 19.4 Å². The summed E-state index contributed by atoms with van der Waals surface area (Å²) in [6.07, 6.45) is -0.647. The largest absolute Gasteiger partial charge is 0.328 e. The van der Waals surface area contributed by atoms with E-state index in [2.05, 4.69) is 24.0 Å². The van der Waals surface area contributed by atoms with E-state index in [1.165, 1.54) is 4.90 Å². The highest BCUT2D eigenvalue weighted by molar-refractivity contribution is 6.09. The van der Waals surface area contributed by atoms with Gasteiger partial charge >= 0.3 is 6.03 Å². The van der Waals surface area contributed by atoms with Gasteiger partial charge in [-0.15, -0.1) is 0 Å². The van der Waals surface area contributed by atoms with Crippen molar-refractivity contribution >= 4 is 23.7 Å². The molecule has 8 heteroatoms. The fourth-order valence-corrected chi connectivity index (χ4v) is 4.99. The lowest BCUT2D eigenvalue weighted by Crippen LogP contribution is -2.65. The predicted octanol–water partition coefficient (Wildman–Crippen LogP) is 3.46. The molecule has 0 radical (unpaired) electrons. The first kappa shape index (κ1) is 21.9. The molecule has 0 aromatic heterocycles. The molecule has 34 heavy (non-hydrogen) atoms. The van der Waals surface area contributed by atoms with Crippen LogP contribution < -0.4 is 0 Å². The molecular formula is C26H27N5O3. The Morgan fingerprint density at radius 1 is 0.971 bits per heavy atom. The molecule has 0 bridgehead atoms. The number of carbonyl (C=O) groups is 3. The highest BCUT2D eigenvalue weighted by atomic mass is 16.2. The molecule has 0 aliphatic carbocycles. The zero-order chi connectivity index (χ0) is 24.1. The number of allylic oxidation sites excluding steroid dienone is 2. The molecule has 2 aromatic carbocycles. The lowest BCUT2D eigenvalue weighted by molar-refractivity contribution is -0.136. The van der Waals surface area contributed by atoms with Gasteiger partial charge in [-0.2, -0.15) is 0 Å². The van der Waals surface area contributed by atoms with E-state index in [0.717, 1.165) is 21.9 Å². The van der Waals surface area contributed by atoms with Crippen molar-refractivity contribution < 1.29 is 14.4 Å². The summed E-state index contributed by atoms with van der Waals surface area (Å²) >= 11 is 0. The van der Waals surface area contributed by atoms with Crippen LogP contribution >= 0.6 is 0 Å². The summed E-state index contributed by atoms with van der Waals surface area (Å²) in [6.45, 7) is 5.78. The van der Waals surface area contributed by atoms with Crippen LogP contribution in [0, 0.1) is 0 Å². The minimum absolute atomic E-state index is 0.00748. The van der Waals surface area contributed by atoms with E-state index >= 15 is 0 Å². The minimum atomic E-state index is -0.704. The van der Waals surface area contributed by atoms with E-state index in [0.29, 0.717) is 11.5 Å². The van der Waals surface area contributed by atoms with Crippen LogP contribution in [0.25, 0.3) is 0 Å². The van der Waals surface area contributed by atoms with Crippen molar-refractivity contribution in [1.82, 2.24) is 19.6 Å². The number of likely N-dealkylation sites (N-methyl/N-ethyl adjacent to an activating group) is 1. The summed E-state index contributed by atoms with van der Waals surface area (Å²) in [5.74, 6) is -0.0273. The Labute approximate surface area is 198 Å². The topological polar surface area (TPSA) is 76.5 Å². The number of aliphatic imine (C=N–C) groups is 1. The first-order valence-corrected chi connectivity index (χ1v) is 11.4. The van der Waals surface area contributed by atoms with Gasteiger partial charge in [0, 0.05) is 24.0 Å². The number of benzene rings is 2. The van der Waals surface area contributed by atoms with Crippen LogP contribution in [-0.2, 0) is 4.79 Å². The molecule has 0 spiro atoms. The van der Waals surface area contributed by atoms with E-state index in [9.17, 15) is 14.4 Å². The van der Waals surface area contributed by atoms with Crippen molar-refractivity contribution in [1.29, 1.82) is 0 Å². The molecule has 3 amide bonds. The molecular weight excluding hydrogens is 430 g/mol. The highest BCUT2D eigenvalue weighted by Crippen LogP contribution is 2.41. The zero-order valence-corrected chi connectivity index (χ0v) is 19.7. The van der Waals surface area contributed by atoms with E-state index in [1.807, 2.05) is 43.0 Å². The fourth-order valence-electron chi connectivity index (χ4n) is 4.99. The predicted molar refractivity (Wildman–Crippen MR) is 128 cm³/mol. The lowest BCUT2D eigenvalue weighted by atomic mass is 10.1. The Kier molecular flexibility index (Phi) is 5.23. The van der Waals surface area contributed by atoms with Crippen molar-refractivity contribution in [3.05, 3.63) is 83.2 Å². The van der Waals surface area contributed by atoms with Crippen LogP contribution in [0.1, 0.15) is 42.7 Å². The second kappa shape index (κ2) is 8.13. The number of urea groups is 1. The summed E-state index contributed by atoms with van der Waals surface area (Å²) in [6, 6.07) is 17.6. The highest BCUT2D eigenvalue weighted by Gasteiger charge is 2.56. The maximum Gasteiger partial charge on any atom is 0.328 e. The van der Waals surface area contributed by atoms with Crippen LogP contribution in [0.4, 0.5) is 4.79 Å². The van der Waals surface area contributed by atoms with Gasteiger partial charge in [0.2, 0.25) is 5.96 Å². The molecule has 0 saturated carbocycles. The summed E-state index contributed by atoms with van der Waals surface area (Å²) in [5.41, 5.74) is 3.51. The third-order valence-electron chi connectivity index (χ3n) is 7.00. The molecule has 3 heterocycles. The third kappa shape index (κ3) is 3.21. The van der Waals surface area contributed by atoms with Crippen molar-refractivity contribution in [2.45, 2.75) is 39.0 Å². The number of hydrogen-bond donors (Lipinski definition) is 0. The first-order valence-electron chi connectivity index (χ1n) is 11.4. The van der Waals surface area contributed by atoms with Gasteiger partial charge in [0.1, 0.15) is 0 Å². The molecule has 3 atom stereocenters. The van der Waals surface area contributed by atoms with Crippen molar-refractivity contribution in [2.24, 2.45) is 4.99 Å². The SMILES string of the molecule is CC1=C(C)N2C(=NC3C2C(=O)N(CC(=O)c2ccccc2)C(=O)N3C)N1C(C)c1ccccc1. The number of nitrogens with zero attached hydrogens (tertiary/aromatic N) is 5. The molecule has 1 fully saturated rings. The number of carbonyl (C=O) groups excluding carboxylic acids is 3. The molecule has 2 aromatic rings. The van der Waals surface area contributed by atoms with Gasteiger partial charge in [0.25, 0.3) is 5.91 Å². The zero-order valence-electron chi connectivity index (χ0n) is 19.7. The van der Waals surface area contributed by atoms with Crippen molar-refractivity contribution in [2.75, 3.05) is 13.6 Å². The van der Waals surface area contributed by atoms with E-state index in [4.69, 9.17) is 4.99 Å². The van der Waals surface area contributed by atoms with Crippen LogP contribution in [0.2, 0.25) is 0 Å². The van der Waals surface area contributed by atoms with Crippen LogP contribution in [0.3, 0.4) is 0 Å². The van der Waals surface area contributed by atoms with E-state index in [-0.39, 0.29) is 18.4 Å². The number of Topliss-reactive ketones (excluding diaryl/α,β-unsaturated/α-hetero) is 1. The van der Waals surface area contributed by atoms with Gasteiger partial charge in [0.05, 0.1) is 12.6 Å². The van der Waals surface area contributed by atoms with Gasteiger partial charge in [-0.1, -0.05) is 60.7 Å². The number of amides is 3. The Bertz CT molecular complexity index is 1220. The molecule has 0 N–H and O–H groups in total. The number of rotatable bonds is 5. The quantitative estimate of drug-likeness (QED) is 0.643. The first-order chi connectivity index (χ1) is 16.3. The summed E-state index contributed by atoms with van der Waals surface area (Å²) in [7, 11) is 1.63. The Morgan fingerprint density at radius 3 is 2.24 bits per heavy atom. The van der Waals surface area contributed by atoms with E-state index in [1.54, 1.807) is 31.3 Å². The monoisotopic (exact) mass is 457 g/mol. The van der Waals surface area contributed by atoms with E-state index < -0.39 is 24.1 Å². The van der Waals surface area contributed by atoms with Gasteiger partial charge in [-0.05, 0) is 26.3 Å². The van der Waals surface area contributed by atoms with Crippen molar-refractivity contribution in [3.8, 4) is 0 Å². The number of imide groups is 1. The van der Waals surface area contributed by atoms with Crippen LogP contribution in [0.5, 0.6) is 0 Å². The second-order valence-electron chi connectivity index (χ2n) is 8.89. The summed E-state index contributed by atoms with van der Waals surface area (Å²) in [5, 5.41) is 0. The second-order valence-corrected chi connectivity index (χ2v) is 8.89.